The molecule has 1 N–H and O–H groups in total. The highest BCUT2D eigenvalue weighted by atomic mass is 32.2. The van der Waals surface area contributed by atoms with Crippen molar-refractivity contribution in [2.45, 2.75) is 32.8 Å². The molecule has 1 saturated heterocycles. The highest BCUT2D eigenvalue weighted by molar-refractivity contribution is 7.89. The van der Waals surface area contributed by atoms with Crippen LogP contribution in [0.15, 0.2) is 0 Å². The van der Waals surface area contributed by atoms with Crippen LogP contribution < -0.4 is 0 Å². The van der Waals surface area contributed by atoms with Crippen molar-refractivity contribution in [1.29, 1.82) is 0 Å². The summed E-state index contributed by atoms with van der Waals surface area (Å²) in [5.41, 5.74) is 0. The van der Waals surface area contributed by atoms with Crippen LogP contribution in [0.3, 0.4) is 0 Å². The van der Waals surface area contributed by atoms with E-state index in [-0.39, 0.29) is 12.3 Å². The molecule has 0 spiro atoms. The monoisotopic (exact) mass is 221 g/mol. The van der Waals surface area contributed by atoms with Crippen molar-refractivity contribution in [3.05, 3.63) is 0 Å². The van der Waals surface area contributed by atoms with Gasteiger partial charge < -0.3 is 5.11 Å². The minimum absolute atomic E-state index is 0.206. The lowest BCUT2D eigenvalue weighted by Gasteiger charge is -2.16. The van der Waals surface area contributed by atoms with E-state index in [1.54, 1.807) is 0 Å². The summed E-state index contributed by atoms with van der Waals surface area (Å²) in [5.74, 6) is 0.606. The van der Waals surface area contributed by atoms with E-state index in [4.69, 9.17) is 0 Å². The van der Waals surface area contributed by atoms with Crippen LogP contribution >= 0.6 is 0 Å². The Morgan fingerprint density at radius 3 is 2.57 bits per heavy atom. The number of nitrogens with zero attached hydrogens (tertiary/aromatic N) is 1. The van der Waals surface area contributed by atoms with Gasteiger partial charge in [0.2, 0.25) is 10.0 Å². The molecule has 1 fully saturated rings. The van der Waals surface area contributed by atoms with E-state index >= 15 is 0 Å². The summed E-state index contributed by atoms with van der Waals surface area (Å²) in [6, 6.07) is 0. The van der Waals surface area contributed by atoms with Crippen LogP contribution in [-0.2, 0) is 10.0 Å². The van der Waals surface area contributed by atoms with E-state index < -0.39 is 16.1 Å². The number of rotatable bonds is 4. The number of sulfonamides is 1. The Bertz CT molecular complexity index is 274. The summed E-state index contributed by atoms with van der Waals surface area (Å²) in [6.07, 6.45) is 0.791. The maximum absolute atomic E-state index is 11.7. The first-order chi connectivity index (χ1) is 6.42. The molecule has 1 aliphatic rings. The summed E-state index contributed by atoms with van der Waals surface area (Å²) in [4.78, 5) is 0. The Hall–Kier alpha value is -0.130. The highest BCUT2D eigenvalue weighted by Crippen LogP contribution is 2.15. The molecule has 0 bridgehead atoms. The number of aliphatic hydroxyl groups is 1. The van der Waals surface area contributed by atoms with E-state index in [1.165, 1.54) is 4.31 Å². The fraction of sp³-hybridized carbons (Fsp3) is 1.00. The number of hydrogen-bond acceptors (Lipinski definition) is 3. The van der Waals surface area contributed by atoms with Crippen molar-refractivity contribution < 1.29 is 13.5 Å². The van der Waals surface area contributed by atoms with Gasteiger partial charge in [0.05, 0.1) is 11.9 Å². The second kappa shape index (κ2) is 4.59. The standard InChI is InChI=1S/C9H19NO3S/c1-8(2)4-6-14(12,13)10-5-3-9(11)7-10/h8-9,11H,3-7H2,1-2H3. The van der Waals surface area contributed by atoms with Crippen molar-refractivity contribution in [3.8, 4) is 0 Å². The lowest BCUT2D eigenvalue weighted by atomic mass is 10.2. The zero-order valence-electron chi connectivity index (χ0n) is 8.81. The molecule has 0 aromatic carbocycles. The Balaban J connectivity index is 2.49. The molecule has 0 aromatic heterocycles. The molecule has 0 aliphatic carbocycles. The van der Waals surface area contributed by atoms with Gasteiger partial charge in [0.25, 0.3) is 0 Å². The van der Waals surface area contributed by atoms with Gasteiger partial charge >= 0.3 is 0 Å². The Morgan fingerprint density at radius 1 is 1.50 bits per heavy atom. The van der Waals surface area contributed by atoms with E-state index in [0.717, 1.165) is 0 Å². The first kappa shape index (κ1) is 11.9. The molecule has 0 amide bonds. The molecular weight excluding hydrogens is 202 g/mol. The summed E-state index contributed by atoms with van der Waals surface area (Å²) in [6.45, 7) is 4.77. The van der Waals surface area contributed by atoms with Gasteiger partial charge in [0.1, 0.15) is 0 Å². The third-order valence-corrected chi connectivity index (χ3v) is 4.34. The quantitative estimate of drug-likeness (QED) is 0.749. The molecule has 0 radical (unpaired) electrons. The fourth-order valence-corrected chi connectivity index (χ4v) is 3.29. The van der Waals surface area contributed by atoms with Crippen LogP contribution in [-0.4, -0.2) is 42.8 Å². The predicted octanol–water partition coefficient (Wildman–Crippen LogP) is 0.429. The summed E-state index contributed by atoms with van der Waals surface area (Å²) < 4.78 is 24.8. The largest absolute Gasteiger partial charge is 0.392 e. The van der Waals surface area contributed by atoms with Crippen LogP contribution in [0.5, 0.6) is 0 Å². The predicted molar refractivity (Wildman–Crippen MR) is 55.4 cm³/mol. The van der Waals surface area contributed by atoms with E-state index in [2.05, 4.69) is 0 Å². The van der Waals surface area contributed by atoms with Gasteiger partial charge in [-0.25, -0.2) is 8.42 Å². The van der Waals surface area contributed by atoms with Crippen LogP contribution in [0.4, 0.5) is 0 Å². The van der Waals surface area contributed by atoms with Gasteiger partial charge in [0, 0.05) is 13.1 Å². The highest BCUT2D eigenvalue weighted by Gasteiger charge is 2.29. The molecule has 1 atom stereocenters. The second-order valence-corrected chi connectivity index (χ2v) is 6.39. The lowest BCUT2D eigenvalue weighted by Crippen LogP contribution is -2.32. The summed E-state index contributed by atoms with van der Waals surface area (Å²) in [7, 11) is -3.11. The van der Waals surface area contributed by atoms with Gasteiger partial charge in [-0.1, -0.05) is 13.8 Å². The molecular formula is C9H19NO3S. The Labute approximate surface area is 86.0 Å². The zero-order chi connectivity index (χ0) is 10.8. The molecule has 5 heteroatoms. The summed E-state index contributed by atoms with van der Waals surface area (Å²) in [5, 5.41) is 9.23. The topological polar surface area (TPSA) is 57.6 Å². The third-order valence-electron chi connectivity index (χ3n) is 2.47. The first-order valence-corrected chi connectivity index (χ1v) is 6.68. The maximum Gasteiger partial charge on any atom is 0.214 e. The van der Waals surface area contributed by atoms with Crippen LogP contribution in [0.25, 0.3) is 0 Å². The van der Waals surface area contributed by atoms with Crippen molar-refractivity contribution in [2.75, 3.05) is 18.8 Å². The molecule has 1 unspecified atom stereocenters. The van der Waals surface area contributed by atoms with E-state index in [9.17, 15) is 13.5 Å². The average molecular weight is 221 g/mol. The van der Waals surface area contributed by atoms with Crippen molar-refractivity contribution >= 4 is 10.0 Å². The molecule has 1 heterocycles. The first-order valence-electron chi connectivity index (χ1n) is 5.07. The molecule has 1 rings (SSSR count). The normalized spacial score (nSPS) is 24.7. The minimum Gasteiger partial charge on any atom is -0.392 e. The lowest BCUT2D eigenvalue weighted by molar-refractivity contribution is 0.189. The number of hydrogen-bond donors (Lipinski definition) is 1. The van der Waals surface area contributed by atoms with Gasteiger partial charge in [-0.05, 0) is 18.8 Å². The SMILES string of the molecule is CC(C)CCS(=O)(=O)N1CCC(O)C1. The summed E-state index contributed by atoms with van der Waals surface area (Å²) >= 11 is 0. The number of aliphatic hydroxyl groups excluding tert-OH is 1. The van der Waals surface area contributed by atoms with Gasteiger partial charge in [-0.2, -0.15) is 4.31 Å². The van der Waals surface area contributed by atoms with Gasteiger partial charge in [-0.15, -0.1) is 0 Å². The van der Waals surface area contributed by atoms with Crippen LogP contribution in [0.1, 0.15) is 26.7 Å². The van der Waals surface area contributed by atoms with E-state index in [0.29, 0.717) is 25.3 Å². The molecule has 0 aromatic rings. The zero-order valence-corrected chi connectivity index (χ0v) is 9.63. The molecule has 14 heavy (non-hydrogen) atoms. The average Bonchev–Trinajstić information content (AvgIpc) is 2.49. The third kappa shape index (κ3) is 3.22. The van der Waals surface area contributed by atoms with Crippen molar-refractivity contribution in [3.63, 3.8) is 0 Å². The van der Waals surface area contributed by atoms with Crippen LogP contribution in [0.2, 0.25) is 0 Å². The fourth-order valence-electron chi connectivity index (χ4n) is 1.48. The van der Waals surface area contributed by atoms with Crippen LogP contribution in [0, 0.1) is 5.92 Å². The van der Waals surface area contributed by atoms with Crippen molar-refractivity contribution in [1.82, 2.24) is 4.31 Å². The molecule has 0 saturated carbocycles. The Kier molecular flexibility index (Phi) is 3.92. The minimum atomic E-state index is -3.11. The van der Waals surface area contributed by atoms with Gasteiger partial charge in [-0.3, -0.25) is 0 Å². The van der Waals surface area contributed by atoms with E-state index in [1.807, 2.05) is 13.8 Å². The smallest absolute Gasteiger partial charge is 0.214 e. The molecule has 1 aliphatic heterocycles. The molecule has 4 nitrogen and oxygen atoms in total. The second-order valence-electron chi connectivity index (χ2n) is 4.30. The van der Waals surface area contributed by atoms with Gasteiger partial charge in [0.15, 0.2) is 0 Å². The van der Waals surface area contributed by atoms with Crippen molar-refractivity contribution in [2.24, 2.45) is 5.92 Å². The number of β-amino-alcohol motifs (C(OH)–C–C–N with tert-alkyl or cyclic N) is 1. The Morgan fingerprint density at radius 2 is 2.14 bits per heavy atom. The maximum atomic E-state index is 11.7. The molecule has 84 valence electrons.